The highest BCUT2D eigenvalue weighted by Crippen LogP contribution is 2.26. The third kappa shape index (κ3) is 5.06. The van der Waals surface area contributed by atoms with E-state index in [0.29, 0.717) is 10.9 Å². The van der Waals surface area contributed by atoms with Crippen LogP contribution in [0.5, 0.6) is 0 Å². The van der Waals surface area contributed by atoms with Gasteiger partial charge in [0.25, 0.3) is 0 Å². The summed E-state index contributed by atoms with van der Waals surface area (Å²) in [5.41, 5.74) is 7.69. The van der Waals surface area contributed by atoms with Crippen LogP contribution in [0.4, 0.5) is 5.82 Å². The average Bonchev–Trinajstić information content (AvgIpc) is 2.69. The number of aromatic nitrogens is 2. The monoisotopic (exact) mass is 415 g/mol. The van der Waals surface area contributed by atoms with Gasteiger partial charge in [-0.15, -0.1) is 0 Å². The molecule has 3 rings (SSSR count). The van der Waals surface area contributed by atoms with Gasteiger partial charge in [0, 0.05) is 48.9 Å². The van der Waals surface area contributed by atoms with Crippen LogP contribution in [-0.4, -0.2) is 47.0 Å². The average molecular weight is 416 g/mol. The molecule has 1 unspecified atom stereocenters. The number of hydrogen-bond acceptors (Lipinski definition) is 5. The van der Waals surface area contributed by atoms with Gasteiger partial charge >= 0.3 is 0 Å². The first-order valence-corrected chi connectivity index (χ1v) is 10.6. The molecule has 2 heterocycles. The fourth-order valence-electron chi connectivity index (χ4n) is 3.60. The second-order valence-electron chi connectivity index (χ2n) is 8.20. The number of halogens is 1. The molecule has 1 aromatic heterocycles. The highest BCUT2D eigenvalue weighted by molar-refractivity contribution is 6.30. The molecule has 1 fully saturated rings. The molecule has 0 saturated carbocycles. The van der Waals surface area contributed by atoms with E-state index in [1.54, 1.807) is 12.1 Å². The Morgan fingerprint density at radius 3 is 2.14 bits per heavy atom. The molecule has 0 spiro atoms. The van der Waals surface area contributed by atoms with Gasteiger partial charge in [-0.2, -0.15) is 0 Å². The molecule has 1 aromatic carbocycles. The number of amides is 1. The zero-order valence-electron chi connectivity index (χ0n) is 17.6. The number of nitrogens with zero attached hydrogens (tertiary/aromatic N) is 4. The van der Waals surface area contributed by atoms with Gasteiger partial charge in [-0.3, -0.25) is 9.69 Å². The standard InChI is InChI=1S/C22H30ClN5O/c1-14(2)18-13-19(26-22(25-18)15(3)4)27-9-11-28(12-10-27)20(21(24)29)16-5-7-17(23)8-6-16/h5-8,13-15,20H,9-12H2,1-4H3,(H2,24,29). The maximum Gasteiger partial charge on any atom is 0.239 e. The van der Waals surface area contributed by atoms with Crippen LogP contribution in [0.3, 0.4) is 0 Å². The van der Waals surface area contributed by atoms with Crippen molar-refractivity contribution in [1.29, 1.82) is 0 Å². The Balaban J connectivity index is 1.77. The van der Waals surface area contributed by atoms with Crippen LogP contribution >= 0.6 is 11.6 Å². The molecular weight excluding hydrogens is 386 g/mol. The fraction of sp³-hybridized carbons (Fsp3) is 0.500. The Labute approximate surface area is 178 Å². The summed E-state index contributed by atoms with van der Waals surface area (Å²) in [7, 11) is 0. The van der Waals surface area contributed by atoms with Crippen LogP contribution in [0.25, 0.3) is 0 Å². The Hall–Kier alpha value is -2.18. The van der Waals surface area contributed by atoms with Crippen molar-refractivity contribution in [2.24, 2.45) is 5.73 Å². The number of primary amides is 1. The molecule has 0 bridgehead atoms. The number of rotatable bonds is 6. The molecule has 1 aliphatic rings. The van der Waals surface area contributed by atoms with Crippen molar-refractivity contribution in [2.75, 3.05) is 31.1 Å². The van der Waals surface area contributed by atoms with Crippen molar-refractivity contribution >= 4 is 23.3 Å². The number of carbonyl (C=O) groups is 1. The van der Waals surface area contributed by atoms with Gasteiger partial charge in [-0.1, -0.05) is 51.4 Å². The molecule has 29 heavy (non-hydrogen) atoms. The maximum absolute atomic E-state index is 12.2. The van der Waals surface area contributed by atoms with Crippen LogP contribution < -0.4 is 10.6 Å². The first-order valence-electron chi connectivity index (χ1n) is 10.2. The lowest BCUT2D eigenvalue weighted by molar-refractivity contribution is -0.123. The van der Waals surface area contributed by atoms with Crippen LogP contribution in [0, 0.1) is 0 Å². The second-order valence-corrected chi connectivity index (χ2v) is 8.63. The van der Waals surface area contributed by atoms with Gasteiger partial charge in [0.15, 0.2) is 0 Å². The SMILES string of the molecule is CC(C)c1cc(N2CCN(C(C(N)=O)c3ccc(Cl)cc3)CC2)nc(C(C)C)n1. The summed E-state index contributed by atoms with van der Waals surface area (Å²) in [6, 6.07) is 8.99. The van der Waals surface area contributed by atoms with E-state index in [0.717, 1.165) is 49.1 Å². The van der Waals surface area contributed by atoms with E-state index in [2.05, 4.69) is 43.6 Å². The van der Waals surface area contributed by atoms with Crippen LogP contribution in [0.2, 0.25) is 5.02 Å². The number of benzene rings is 1. The summed E-state index contributed by atoms with van der Waals surface area (Å²) in [5, 5.41) is 0.646. The van der Waals surface area contributed by atoms with E-state index in [9.17, 15) is 4.79 Å². The Bertz CT molecular complexity index is 819. The largest absolute Gasteiger partial charge is 0.368 e. The minimum atomic E-state index is -0.447. The minimum absolute atomic E-state index is 0.276. The van der Waals surface area contributed by atoms with Crippen molar-refractivity contribution in [3.05, 3.63) is 52.4 Å². The third-order valence-electron chi connectivity index (χ3n) is 5.32. The molecule has 1 atom stereocenters. The summed E-state index contributed by atoms with van der Waals surface area (Å²) >= 11 is 5.99. The molecule has 6 nitrogen and oxygen atoms in total. The topological polar surface area (TPSA) is 75.3 Å². The van der Waals surface area contributed by atoms with E-state index in [-0.39, 0.29) is 11.8 Å². The zero-order chi connectivity index (χ0) is 21.1. The van der Waals surface area contributed by atoms with E-state index >= 15 is 0 Å². The summed E-state index contributed by atoms with van der Waals surface area (Å²) < 4.78 is 0. The van der Waals surface area contributed by atoms with Gasteiger partial charge < -0.3 is 10.6 Å². The lowest BCUT2D eigenvalue weighted by Gasteiger charge is -2.39. The van der Waals surface area contributed by atoms with Gasteiger partial charge in [-0.25, -0.2) is 9.97 Å². The third-order valence-corrected chi connectivity index (χ3v) is 5.57. The molecule has 156 valence electrons. The summed E-state index contributed by atoms with van der Waals surface area (Å²) in [6.07, 6.45) is 0. The van der Waals surface area contributed by atoms with E-state index in [1.165, 1.54) is 0 Å². The predicted molar refractivity (Wildman–Crippen MR) is 117 cm³/mol. The van der Waals surface area contributed by atoms with Crippen molar-refractivity contribution in [2.45, 2.75) is 45.6 Å². The van der Waals surface area contributed by atoms with Crippen LogP contribution in [0.15, 0.2) is 30.3 Å². The molecule has 2 aromatic rings. The highest BCUT2D eigenvalue weighted by Gasteiger charge is 2.29. The van der Waals surface area contributed by atoms with Crippen molar-refractivity contribution in [3.8, 4) is 0 Å². The van der Waals surface area contributed by atoms with Crippen molar-refractivity contribution in [3.63, 3.8) is 0 Å². The van der Waals surface area contributed by atoms with Crippen LogP contribution in [-0.2, 0) is 4.79 Å². The summed E-state index contributed by atoms with van der Waals surface area (Å²) in [6.45, 7) is 11.6. The lowest BCUT2D eigenvalue weighted by Crippen LogP contribution is -2.50. The molecule has 1 saturated heterocycles. The summed E-state index contributed by atoms with van der Waals surface area (Å²) in [5.74, 6) is 2.13. The smallest absolute Gasteiger partial charge is 0.239 e. The first-order chi connectivity index (χ1) is 13.8. The number of hydrogen-bond donors (Lipinski definition) is 1. The fourth-order valence-corrected chi connectivity index (χ4v) is 3.72. The van der Waals surface area contributed by atoms with Gasteiger partial charge in [-0.05, 0) is 23.6 Å². The van der Waals surface area contributed by atoms with Crippen LogP contribution in [0.1, 0.15) is 62.7 Å². The lowest BCUT2D eigenvalue weighted by atomic mass is 10.0. The maximum atomic E-state index is 12.2. The van der Waals surface area contributed by atoms with E-state index in [4.69, 9.17) is 27.3 Å². The molecule has 2 N–H and O–H groups in total. The summed E-state index contributed by atoms with van der Waals surface area (Å²) in [4.78, 5) is 26.1. The number of carbonyl (C=O) groups excluding carboxylic acids is 1. The Kier molecular flexibility index (Phi) is 6.75. The van der Waals surface area contributed by atoms with Crippen molar-refractivity contribution in [1.82, 2.24) is 14.9 Å². The van der Waals surface area contributed by atoms with Gasteiger partial charge in [0.1, 0.15) is 17.7 Å². The molecule has 0 aliphatic carbocycles. The molecule has 0 radical (unpaired) electrons. The molecule has 1 amide bonds. The Morgan fingerprint density at radius 2 is 1.62 bits per heavy atom. The van der Waals surface area contributed by atoms with Gasteiger partial charge in [0.2, 0.25) is 5.91 Å². The molecular formula is C22H30ClN5O. The number of piperazine rings is 1. The molecule has 1 aliphatic heterocycles. The second kappa shape index (κ2) is 9.09. The van der Waals surface area contributed by atoms with E-state index in [1.807, 2.05) is 12.1 Å². The van der Waals surface area contributed by atoms with E-state index < -0.39 is 6.04 Å². The van der Waals surface area contributed by atoms with Crippen molar-refractivity contribution < 1.29 is 4.79 Å². The van der Waals surface area contributed by atoms with Gasteiger partial charge in [0.05, 0.1) is 0 Å². The Morgan fingerprint density at radius 1 is 1.00 bits per heavy atom. The first kappa shape index (κ1) is 21.5. The number of anilines is 1. The predicted octanol–water partition coefficient (Wildman–Crippen LogP) is 3.73. The molecule has 7 heteroatoms. The zero-order valence-corrected chi connectivity index (χ0v) is 18.4. The normalized spacial score (nSPS) is 16.4. The quantitative estimate of drug-likeness (QED) is 0.778. The number of nitrogens with two attached hydrogens (primary N) is 1. The highest BCUT2D eigenvalue weighted by atomic mass is 35.5. The minimum Gasteiger partial charge on any atom is -0.368 e.